The van der Waals surface area contributed by atoms with E-state index in [1.54, 1.807) is 24.3 Å². The summed E-state index contributed by atoms with van der Waals surface area (Å²) < 4.78 is 5.72. The van der Waals surface area contributed by atoms with Gasteiger partial charge in [0, 0.05) is 17.2 Å². The van der Waals surface area contributed by atoms with Gasteiger partial charge in [-0.25, -0.2) is 5.43 Å². The van der Waals surface area contributed by atoms with Crippen LogP contribution in [0.15, 0.2) is 71.8 Å². The zero-order valence-electron chi connectivity index (χ0n) is 15.3. The van der Waals surface area contributed by atoms with Crippen molar-refractivity contribution in [1.82, 2.24) is 5.43 Å². The third kappa shape index (κ3) is 5.11. The van der Waals surface area contributed by atoms with Crippen LogP contribution < -0.4 is 10.2 Å². The molecule has 28 heavy (non-hydrogen) atoms. The number of aromatic hydroxyl groups is 2. The molecule has 3 aromatic carbocycles. The molecule has 3 N–H and O–H groups in total. The number of ether oxygens (including phenoxy) is 1. The molecule has 0 aromatic heterocycles. The number of rotatable bonds is 6. The summed E-state index contributed by atoms with van der Waals surface area (Å²) in [5, 5.41) is 22.7. The highest BCUT2D eigenvalue weighted by atomic mass is 16.5. The van der Waals surface area contributed by atoms with E-state index >= 15 is 0 Å². The van der Waals surface area contributed by atoms with E-state index < -0.39 is 0 Å². The SMILES string of the molecule is Cc1ccc(COc2ccc(C(=O)N/N=C/c3ccc(O)cc3O)cc2)cc1. The summed E-state index contributed by atoms with van der Waals surface area (Å²) in [6.07, 6.45) is 1.30. The standard InChI is InChI=1S/C22H20N2O4/c1-15-2-4-16(5-3-15)14-28-20-10-7-17(8-11-20)22(27)24-23-13-18-6-9-19(25)12-21(18)26/h2-13,25-26H,14H2,1H3,(H,24,27)/b23-13+. The maximum Gasteiger partial charge on any atom is 0.271 e. The number of phenolic OH excluding ortho intramolecular Hbond substituents is 2. The van der Waals surface area contributed by atoms with E-state index in [4.69, 9.17) is 4.74 Å². The first-order chi connectivity index (χ1) is 13.5. The molecule has 0 fully saturated rings. The average molecular weight is 376 g/mol. The number of phenols is 2. The van der Waals surface area contributed by atoms with Crippen LogP contribution in [0.3, 0.4) is 0 Å². The van der Waals surface area contributed by atoms with Crippen LogP contribution in [0.5, 0.6) is 17.2 Å². The molecule has 0 unspecified atom stereocenters. The quantitative estimate of drug-likeness (QED) is 0.451. The van der Waals surface area contributed by atoms with Gasteiger partial charge in [-0.05, 0) is 48.9 Å². The van der Waals surface area contributed by atoms with Gasteiger partial charge in [-0.15, -0.1) is 0 Å². The van der Waals surface area contributed by atoms with Crippen molar-refractivity contribution in [3.05, 3.63) is 89.0 Å². The summed E-state index contributed by atoms with van der Waals surface area (Å²) >= 11 is 0. The monoisotopic (exact) mass is 376 g/mol. The molecule has 0 bridgehead atoms. The Bertz CT molecular complexity index is 980. The molecule has 142 valence electrons. The lowest BCUT2D eigenvalue weighted by atomic mass is 10.2. The first kappa shape index (κ1) is 19.0. The summed E-state index contributed by atoms with van der Waals surface area (Å²) in [4.78, 5) is 12.1. The second-order valence-corrected chi connectivity index (χ2v) is 6.24. The molecule has 0 aliphatic rings. The van der Waals surface area contributed by atoms with Crippen LogP contribution in [-0.2, 0) is 6.61 Å². The van der Waals surface area contributed by atoms with Crippen LogP contribution in [0.4, 0.5) is 0 Å². The molecule has 0 heterocycles. The highest BCUT2D eigenvalue weighted by Gasteiger charge is 2.05. The minimum absolute atomic E-state index is 0.0524. The van der Waals surface area contributed by atoms with Crippen molar-refractivity contribution >= 4 is 12.1 Å². The minimum atomic E-state index is -0.389. The number of aryl methyl sites for hydroxylation is 1. The molecule has 3 aromatic rings. The van der Waals surface area contributed by atoms with Gasteiger partial charge in [-0.2, -0.15) is 5.10 Å². The molecule has 1 amide bonds. The minimum Gasteiger partial charge on any atom is -0.508 e. The van der Waals surface area contributed by atoms with E-state index in [9.17, 15) is 15.0 Å². The van der Waals surface area contributed by atoms with Gasteiger partial charge in [0.2, 0.25) is 0 Å². The fraction of sp³-hybridized carbons (Fsp3) is 0.0909. The Morgan fingerprint density at radius 3 is 2.43 bits per heavy atom. The maximum absolute atomic E-state index is 12.1. The first-order valence-electron chi connectivity index (χ1n) is 8.65. The van der Waals surface area contributed by atoms with E-state index in [-0.39, 0.29) is 17.4 Å². The molecule has 3 rings (SSSR count). The van der Waals surface area contributed by atoms with E-state index in [0.717, 1.165) is 5.56 Å². The van der Waals surface area contributed by atoms with Gasteiger partial charge in [0.05, 0.1) is 6.21 Å². The van der Waals surface area contributed by atoms with Crippen LogP contribution in [-0.4, -0.2) is 22.3 Å². The second kappa shape index (κ2) is 8.73. The second-order valence-electron chi connectivity index (χ2n) is 6.24. The number of hydrogen-bond acceptors (Lipinski definition) is 5. The summed E-state index contributed by atoms with van der Waals surface area (Å²) in [5.74, 6) is 0.0886. The zero-order valence-corrected chi connectivity index (χ0v) is 15.3. The smallest absolute Gasteiger partial charge is 0.271 e. The van der Waals surface area contributed by atoms with Gasteiger partial charge in [-0.1, -0.05) is 29.8 Å². The van der Waals surface area contributed by atoms with Crippen LogP contribution >= 0.6 is 0 Å². The van der Waals surface area contributed by atoms with Crippen molar-refractivity contribution in [2.75, 3.05) is 0 Å². The molecular weight excluding hydrogens is 356 g/mol. The van der Waals surface area contributed by atoms with E-state index in [1.165, 1.54) is 30.0 Å². The Hall–Kier alpha value is -3.80. The maximum atomic E-state index is 12.1. The first-order valence-corrected chi connectivity index (χ1v) is 8.65. The van der Waals surface area contributed by atoms with Crippen LogP contribution in [0.25, 0.3) is 0 Å². The molecule has 0 atom stereocenters. The molecule has 0 radical (unpaired) electrons. The number of carbonyl (C=O) groups excluding carboxylic acids is 1. The van der Waals surface area contributed by atoms with Crippen molar-refractivity contribution in [3.8, 4) is 17.2 Å². The van der Waals surface area contributed by atoms with Crippen molar-refractivity contribution in [2.45, 2.75) is 13.5 Å². The Balaban J connectivity index is 1.54. The van der Waals surface area contributed by atoms with Gasteiger partial charge >= 0.3 is 0 Å². The van der Waals surface area contributed by atoms with Crippen molar-refractivity contribution in [3.63, 3.8) is 0 Å². The van der Waals surface area contributed by atoms with Gasteiger partial charge in [0.15, 0.2) is 0 Å². The van der Waals surface area contributed by atoms with E-state index in [0.29, 0.717) is 23.5 Å². The number of benzene rings is 3. The summed E-state index contributed by atoms with van der Waals surface area (Å²) in [7, 11) is 0. The summed E-state index contributed by atoms with van der Waals surface area (Å²) in [6.45, 7) is 2.48. The third-order valence-corrected chi connectivity index (χ3v) is 4.03. The predicted octanol–water partition coefficient (Wildman–Crippen LogP) is 3.75. The highest BCUT2D eigenvalue weighted by molar-refractivity contribution is 5.95. The van der Waals surface area contributed by atoms with Gasteiger partial charge in [-0.3, -0.25) is 4.79 Å². The molecular formula is C22H20N2O4. The lowest BCUT2D eigenvalue weighted by Gasteiger charge is -2.07. The molecule has 0 spiro atoms. The summed E-state index contributed by atoms with van der Waals surface area (Å²) in [5.41, 5.74) is 5.45. The number of nitrogens with one attached hydrogen (secondary N) is 1. The molecule has 6 nitrogen and oxygen atoms in total. The van der Waals surface area contributed by atoms with E-state index in [2.05, 4.69) is 10.5 Å². The Labute approximate surface area is 162 Å². The molecule has 0 saturated heterocycles. The molecule has 0 aliphatic carbocycles. The average Bonchev–Trinajstić information content (AvgIpc) is 2.69. The fourth-order valence-corrected chi connectivity index (χ4v) is 2.42. The fourth-order valence-electron chi connectivity index (χ4n) is 2.42. The Morgan fingerprint density at radius 1 is 1.04 bits per heavy atom. The Morgan fingerprint density at radius 2 is 1.75 bits per heavy atom. The van der Waals surface area contributed by atoms with Gasteiger partial charge in [0.1, 0.15) is 23.9 Å². The number of hydrazone groups is 1. The van der Waals surface area contributed by atoms with Crippen molar-refractivity contribution in [2.24, 2.45) is 5.10 Å². The largest absolute Gasteiger partial charge is 0.508 e. The van der Waals surface area contributed by atoms with Crippen molar-refractivity contribution < 1.29 is 19.7 Å². The zero-order chi connectivity index (χ0) is 19.9. The van der Waals surface area contributed by atoms with Gasteiger partial charge < -0.3 is 14.9 Å². The molecule has 0 aliphatic heterocycles. The van der Waals surface area contributed by atoms with Crippen LogP contribution in [0.1, 0.15) is 27.0 Å². The predicted molar refractivity (Wildman–Crippen MR) is 107 cm³/mol. The normalized spacial score (nSPS) is 10.8. The number of carbonyl (C=O) groups is 1. The highest BCUT2D eigenvalue weighted by Crippen LogP contribution is 2.20. The molecule has 0 saturated carbocycles. The third-order valence-electron chi connectivity index (χ3n) is 4.03. The lowest BCUT2D eigenvalue weighted by molar-refractivity contribution is 0.0955. The molecule has 6 heteroatoms. The number of amides is 1. The van der Waals surface area contributed by atoms with Gasteiger partial charge in [0.25, 0.3) is 5.91 Å². The van der Waals surface area contributed by atoms with Crippen molar-refractivity contribution in [1.29, 1.82) is 0 Å². The Kier molecular flexibility index (Phi) is 5.91. The topological polar surface area (TPSA) is 91.2 Å². The van der Waals surface area contributed by atoms with Crippen LogP contribution in [0, 0.1) is 6.92 Å². The summed E-state index contributed by atoms with van der Waals surface area (Å²) in [6, 6.07) is 18.9. The van der Waals surface area contributed by atoms with E-state index in [1.807, 2.05) is 31.2 Å². The number of nitrogens with zero attached hydrogens (tertiary/aromatic N) is 1. The lowest BCUT2D eigenvalue weighted by Crippen LogP contribution is -2.17. The number of hydrogen-bond donors (Lipinski definition) is 3. The van der Waals surface area contributed by atoms with Crippen LogP contribution in [0.2, 0.25) is 0 Å².